The number of anilines is 4. The second-order valence-electron chi connectivity index (χ2n) is 11.3. The highest BCUT2D eigenvalue weighted by Gasteiger charge is 2.71. The molecule has 5 heterocycles. The third-order valence-corrected chi connectivity index (χ3v) is 9.52. The number of aromatic nitrogens is 3. The monoisotopic (exact) mass is 488 g/mol. The van der Waals surface area contributed by atoms with E-state index < -0.39 is 5.41 Å². The summed E-state index contributed by atoms with van der Waals surface area (Å²) < 4.78 is 0. The minimum Gasteiger partial charge on any atom is -0.368 e. The number of nitrogens with zero attached hydrogens (tertiary/aromatic N) is 6. The third kappa shape index (κ3) is 2.96. The summed E-state index contributed by atoms with van der Waals surface area (Å²) in [6, 6.07) is 4.02. The summed E-state index contributed by atoms with van der Waals surface area (Å²) in [6.07, 6.45) is 6.52. The Morgan fingerprint density at radius 3 is 2.50 bits per heavy atom. The van der Waals surface area contributed by atoms with Gasteiger partial charge < -0.3 is 20.4 Å². The summed E-state index contributed by atoms with van der Waals surface area (Å²) in [6.45, 7) is 6.82. The number of nitrogens with one attached hydrogen (secondary N) is 2. The maximum Gasteiger partial charge on any atom is 0.244 e. The van der Waals surface area contributed by atoms with E-state index >= 15 is 0 Å². The highest BCUT2D eigenvalue weighted by Crippen LogP contribution is 2.67. The summed E-state index contributed by atoms with van der Waals surface area (Å²) in [5, 5.41) is 6.12. The van der Waals surface area contributed by atoms with Crippen molar-refractivity contribution in [3.63, 3.8) is 0 Å². The van der Waals surface area contributed by atoms with E-state index in [2.05, 4.69) is 50.4 Å². The van der Waals surface area contributed by atoms with Crippen LogP contribution >= 0.6 is 0 Å². The van der Waals surface area contributed by atoms with Gasteiger partial charge >= 0.3 is 0 Å². The molecule has 6 aliphatic rings. The number of rotatable bonds is 4. The molecule has 2 aromatic rings. The molecule has 2 amide bonds. The molecule has 2 bridgehead atoms. The van der Waals surface area contributed by atoms with Gasteiger partial charge in [-0.3, -0.25) is 14.5 Å². The lowest BCUT2D eigenvalue weighted by Gasteiger charge is -2.71. The second-order valence-corrected chi connectivity index (χ2v) is 11.3. The Bertz CT molecular complexity index is 1240. The lowest BCUT2D eigenvalue weighted by Crippen LogP contribution is -2.78. The van der Waals surface area contributed by atoms with Gasteiger partial charge in [-0.15, -0.1) is 0 Å². The number of hydrogen-bond donors (Lipinski definition) is 2. The Balaban J connectivity index is 1.18. The fourth-order valence-electron chi connectivity index (χ4n) is 6.85. The van der Waals surface area contributed by atoms with Crippen molar-refractivity contribution < 1.29 is 9.59 Å². The fraction of sp³-hybridized carbons (Fsp3) is 0.577. The Labute approximate surface area is 210 Å². The van der Waals surface area contributed by atoms with Gasteiger partial charge in [0.2, 0.25) is 17.8 Å². The molecule has 36 heavy (non-hydrogen) atoms. The summed E-state index contributed by atoms with van der Waals surface area (Å²) in [5.41, 5.74) is 0.726. The van der Waals surface area contributed by atoms with Crippen LogP contribution in [0.3, 0.4) is 0 Å². The molecule has 2 atom stereocenters. The van der Waals surface area contributed by atoms with Crippen molar-refractivity contribution >= 4 is 35.1 Å². The molecule has 2 aromatic heterocycles. The van der Waals surface area contributed by atoms with Gasteiger partial charge in [-0.05, 0) is 50.3 Å². The van der Waals surface area contributed by atoms with Crippen molar-refractivity contribution in [2.24, 2.45) is 17.3 Å². The fourth-order valence-corrected chi connectivity index (χ4v) is 6.85. The Hall–Kier alpha value is -3.27. The number of carbonyl (C=O) groups excluding carboxylic acids is 2. The molecule has 0 aromatic carbocycles. The van der Waals surface area contributed by atoms with Crippen molar-refractivity contribution in [2.75, 3.05) is 54.9 Å². The van der Waals surface area contributed by atoms with E-state index in [9.17, 15) is 9.59 Å². The van der Waals surface area contributed by atoms with Crippen molar-refractivity contribution in [1.82, 2.24) is 25.2 Å². The maximum atomic E-state index is 14.0. The predicted molar refractivity (Wildman–Crippen MR) is 135 cm³/mol. The van der Waals surface area contributed by atoms with E-state index in [-0.39, 0.29) is 17.4 Å². The van der Waals surface area contributed by atoms with Crippen LogP contribution < -0.4 is 20.4 Å². The quantitative estimate of drug-likeness (QED) is 0.625. The van der Waals surface area contributed by atoms with Crippen molar-refractivity contribution in [2.45, 2.75) is 38.1 Å². The van der Waals surface area contributed by atoms with Crippen molar-refractivity contribution in [3.05, 3.63) is 30.1 Å². The summed E-state index contributed by atoms with van der Waals surface area (Å²) >= 11 is 0. The molecule has 1 spiro atoms. The van der Waals surface area contributed by atoms with Gasteiger partial charge in [-0.1, -0.05) is 6.92 Å². The summed E-state index contributed by atoms with van der Waals surface area (Å²) in [7, 11) is 2.15. The maximum absolute atomic E-state index is 14.0. The predicted octanol–water partition coefficient (Wildman–Crippen LogP) is 1.56. The molecule has 10 heteroatoms. The van der Waals surface area contributed by atoms with Crippen LogP contribution in [0.25, 0.3) is 0 Å². The zero-order valence-electron chi connectivity index (χ0n) is 20.8. The van der Waals surface area contributed by atoms with Crippen LogP contribution in [0, 0.1) is 17.3 Å². The smallest absolute Gasteiger partial charge is 0.244 e. The third-order valence-electron chi connectivity index (χ3n) is 9.52. The number of pyridine rings is 1. The number of carbonyl (C=O) groups is 2. The number of fused-ring (bicyclic) bond motifs is 1. The highest BCUT2D eigenvalue weighted by molar-refractivity contribution is 6.15. The standard InChI is InChI=1S/C26H32N8O2/c1-16-17-12-26(16,13-17)34-21-18(11-25(23(34)36)5-6-27-22(25)35)14-29-24(31-21)30-20-4-3-19(15-28-20)33-9-7-32(2)8-10-33/h3-4,14-17H,5-13H2,1-2H3,(H,27,35)(H,28,29,30,31)/t16-,17?,25-,26?/m1/s1. The minimum absolute atomic E-state index is 0.0886. The van der Waals surface area contributed by atoms with Crippen LogP contribution in [-0.4, -0.2) is 77.0 Å². The zero-order valence-corrected chi connectivity index (χ0v) is 20.8. The number of amides is 2. The van der Waals surface area contributed by atoms with Gasteiger partial charge in [-0.2, -0.15) is 4.98 Å². The molecule has 5 fully saturated rings. The Kier molecular flexibility index (Phi) is 4.65. The topological polar surface area (TPSA) is 107 Å². The first-order chi connectivity index (χ1) is 17.4. The van der Waals surface area contributed by atoms with Crippen LogP contribution in [0.1, 0.15) is 31.7 Å². The van der Waals surface area contributed by atoms with Crippen LogP contribution in [0.5, 0.6) is 0 Å². The van der Waals surface area contributed by atoms with Crippen molar-refractivity contribution in [1.29, 1.82) is 0 Å². The molecule has 0 unspecified atom stereocenters. The highest BCUT2D eigenvalue weighted by atomic mass is 16.2. The normalized spacial score (nSPS) is 33.2. The molecule has 188 valence electrons. The van der Waals surface area contributed by atoms with E-state index in [0.29, 0.717) is 48.8 Å². The van der Waals surface area contributed by atoms with E-state index in [1.165, 1.54) is 0 Å². The molecule has 2 saturated heterocycles. The van der Waals surface area contributed by atoms with Crippen LogP contribution in [0.2, 0.25) is 0 Å². The molecule has 3 aliphatic carbocycles. The SMILES string of the molecule is C[C@@H]1C2CC1(N1C(=O)[C@]3(CCNC3=O)Cc3cnc(Nc4ccc(N5CCN(C)CC5)cn4)nc31)C2. The van der Waals surface area contributed by atoms with Crippen LogP contribution in [0.4, 0.5) is 23.3 Å². The van der Waals surface area contributed by atoms with Gasteiger partial charge in [-0.25, -0.2) is 9.97 Å². The molecular weight excluding hydrogens is 456 g/mol. The van der Waals surface area contributed by atoms with Crippen molar-refractivity contribution in [3.8, 4) is 0 Å². The lowest BCUT2D eigenvalue weighted by atomic mass is 9.42. The van der Waals surface area contributed by atoms with Crippen LogP contribution in [-0.2, 0) is 16.0 Å². The average Bonchev–Trinajstić information content (AvgIpc) is 3.22. The largest absolute Gasteiger partial charge is 0.368 e. The Morgan fingerprint density at radius 2 is 1.89 bits per heavy atom. The van der Waals surface area contributed by atoms with Gasteiger partial charge in [0.15, 0.2) is 0 Å². The molecule has 2 N–H and O–H groups in total. The van der Waals surface area contributed by atoms with E-state index in [1.807, 2.05) is 17.2 Å². The zero-order chi connectivity index (χ0) is 24.7. The summed E-state index contributed by atoms with van der Waals surface area (Å²) in [5.74, 6) is 2.57. The number of likely N-dealkylation sites (N-methyl/N-ethyl adjacent to an activating group) is 1. The molecule has 0 radical (unpaired) electrons. The first-order valence-electron chi connectivity index (χ1n) is 13.1. The first kappa shape index (κ1) is 22.0. The first-order valence-corrected chi connectivity index (χ1v) is 13.1. The van der Waals surface area contributed by atoms with Gasteiger partial charge in [0, 0.05) is 50.9 Å². The van der Waals surface area contributed by atoms with Crippen LogP contribution in [0.15, 0.2) is 24.5 Å². The second kappa shape index (κ2) is 7.61. The van der Waals surface area contributed by atoms with Gasteiger partial charge in [0.1, 0.15) is 17.1 Å². The molecule has 8 rings (SSSR count). The Morgan fingerprint density at radius 1 is 1.08 bits per heavy atom. The molecule has 3 aliphatic heterocycles. The van der Waals surface area contributed by atoms with E-state index in [4.69, 9.17) is 4.98 Å². The van der Waals surface area contributed by atoms with Gasteiger partial charge in [0.25, 0.3) is 0 Å². The molecule has 3 saturated carbocycles. The van der Waals surface area contributed by atoms with E-state index in [0.717, 1.165) is 50.3 Å². The molecular formula is C26H32N8O2. The molecule has 10 nitrogen and oxygen atoms in total. The summed E-state index contributed by atoms with van der Waals surface area (Å²) in [4.78, 5) is 47.4. The minimum atomic E-state index is -1.03. The lowest BCUT2D eigenvalue weighted by molar-refractivity contribution is -0.151. The van der Waals surface area contributed by atoms with E-state index in [1.54, 1.807) is 6.20 Å². The average molecular weight is 489 g/mol. The number of hydrogen-bond acceptors (Lipinski definition) is 8. The number of piperazine rings is 1. The van der Waals surface area contributed by atoms with Gasteiger partial charge in [0.05, 0.1) is 17.4 Å².